The molecule has 5 rings (SSSR count). The zero-order chi connectivity index (χ0) is 32.3. The molecule has 2 aliphatic heterocycles. The van der Waals surface area contributed by atoms with E-state index in [1.807, 2.05) is 25.1 Å². The summed E-state index contributed by atoms with van der Waals surface area (Å²) in [5.41, 5.74) is 3.11. The summed E-state index contributed by atoms with van der Waals surface area (Å²) in [6.07, 6.45) is 6.07. The van der Waals surface area contributed by atoms with Crippen LogP contribution in [0.15, 0.2) is 36.4 Å². The lowest BCUT2D eigenvalue weighted by Crippen LogP contribution is -2.58. The van der Waals surface area contributed by atoms with Gasteiger partial charge >= 0.3 is 0 Å². The highest BCUT2D eigenvalue weighted by Gasteiger charge is 2.50. The van der Waals surface area contributed by atoms with Gasteiger partial charge in [-0.25, -0.2) is 0 Å². The molecule has 0 aromatic heterocycles. The first-order valence-electron chi connectivity index (χ1n) is 17.8. The molecule has 1 saturated carbocycles. The Kier molecular flexibility index (Phi) is 13.9. The molecule has 8 heteroatoms. The molecule has 2 aromatic carbocycles. The van der Waals surface area contributed by atoms with Gasteiger partial charge in [-0.15, -0.1) is 0 Å². The second-order valence-corrected chi connectivity index (χ2v) is 13.4. The molecular weight excluding hydrogens is 604 g/mol. The molecule has 2 fully saturated rings. The van der Waals surface area contributed by atoms with Crippen molar-refractivity contribution < 1.29 is 33.2 Å². The van der Waals surface area contributed by atoms with E-state index in [1.54, 1.807) is 0 Å². The van der Waals surface area contributed by atoms with Gasteiger partial charge in [-0.3, -0.25) is 0 Å². The van der Waals surface area contributed by atoms with Crippen LogP contribution in [0.4, 0.5) is 0 Å². The van der Waals surface area contributed by atoms with E-state index >= 15 is 0 Å². The second kappa shape index (κ2) is 18.0. The van der Waals surface area contributed by atoms with Gasteiger partial charge in [0.05, 0.1) is 19.8 Å². The van der Waals surface area contributed by atoms with Crippen LogP contribution in [0, 0.1) is 11.8 Å². The monoisotopic (exact) mass is 658 g/mol. The van der Waals surface area contributed by atoms with Crippen LogP contribution in [-0.4, -0.2) is 70.7 Å². The number of fused-ring (bicyclic) bond motifs is 5. The van der Waals surface area contributed by atoms with Crippen molar-refractivity contribution >= 4 is 11.6 Å². The highest BCUT2D eigenvalue weighted by Crippen LogP contribution is 2.45. The van der Waals surface area contributed by atoms with Crippen molar-refractivity contribution in [1.82, 2.24) is 0 Å². The van der Waals surface area contributed by atoms with Crippen molar-refractivity contribution in [3.8, 4) is 11.5 Å². The zero-order valence-electron chi connectivity index (χ0n) is 28.3. The first kappa shape index (κ1) is 35.4. The minimum atomic E-state index is -0.441. The van der Waals surface area contributed by atoms with E-state index in [0.29, 0.717) is 69.5 Å². The van der Waals surface area contributed by atoms with Gasteiger partial charge in [0.2, 0.25) is 0 Å². The fourth-order valence-electron chi connectivity index (χ4n) is 6.41. The molecular formula is C38H55ClO7. The summed E-state index contributed by atoms with van der Waals surface area (Å²) >= 11 is 7.00. The van der Waals surface area contributed by atoms with E-state index in [0.717, 1.165) is 73.1 Å². The standard InChI is InChI=1S/C38H55ClO7/c1-5-9-16-42-36-34-25-40-23-28-20-29(28)24-45-33-22-32(39)27(19-26-12-14-30(15-13-26)41-8-4)21-31(33)35(46-34)37(43-17-10-6-2)38(36)44-18-11-7-3/h12-15,21-22,28-29,34-38H,5-11,16-20,23-25H2,1-4H3/t28-,29+,34-,35+,36-,37+,38+/m1/s1. The number of rotatable bonds is 16. The molecule has 1 aliphatic carbocycles. The topological polar surface area (TPSA) is 64.6 Å². The highest BCUT2D eigenvalue weighted by atomic mass is 35.5. The molecule has 0 spiro atoms. The Labute approximate surface area is 281 Å². The van der Waals surface area contributed by atoms with Gasteiger partial charge in [0.25, 0.3) is 0 Å². The average molecular weight is 659 g/mol. The van der Waals surface area contributed by atoms with Crippen LogP contribution in [0.2, 0.25) is 5.02 Å². The SMILES string of the molecule is CCCCO[C@@H]1[C@@H](OCCCC)[C@H]2O[C@H](COC[C@H]3C[C@H]3COc3cc(Cl)c(Cc4ccc(OCC)cc4)cc32)[C@H]1OCCCC. The van der Waals surface area contributed by atoms with Gasteiger partial charge in [-0.2, -0.15) is 0 Å². The average Bonchev–Trinajstić information content (AvgIpc) is 3.81. The third-order valence-corrected chi connectivity index (χ3v) is 9.66. The maximum atomic E-state index is 7.05. The van der Waals surface area contributed by atoms with Gasteiger partial charge in [-0.05, 0) is 86.3 Å². The molecule has 0 unspecified atom stereocenters. The van der Waals surface area contributed by atoms with Gasteiger partial charge in [0.15, 0.2) is 0 Å². The van der Waals surface area contributed by atoms with Crippen molar-refractivity contribution in [2.75, 3.05) is 46.2 Å². The Hall–Kier alpha value is -1.87. The van der Waals surface area contributed by atoms with E-state index in [1.165, 1.54) is 0 Å². The van der Waals surface area contributed by atoms with Crippen LogP contribution in [0.5, 0.6) is 11.5 Å². The molecule has 1 saturated heterocycles. The van der Waals surface area contributed by atoms with Crippen LogP contribution in [0.1, 0.15) is 95.4 Å². The Morgan fingerprint density at radius 3 is 2.09 bits per heavy atom. The van der Waals surface area contributed by atoms with Gasteiger partial charge in [0, 0.05) is 37.0 Å². The molecule has 2 aromatic rings. The summed E-state index contributed by atoms with van der Waals surface area (Å²) in [6, 6.07) is 12.4. The fraction of sp³-hybridized carbons (Fsp3) is 0.684. The molecule has 7 atom stereocenters. The third-order valence-electron chi connectivity index (χ3n) is 9.31. The van der Waals surface area contributed by atoms with Crippen molar-refractivity contribution in [2.24, 2.45) is 11.8 Å². The quantitative estimate of drug-likeness (QED) is 0.168. The van der Waals surface area contributed by atoms with Gasteiger partial charge < -0.3 is 33.2 Å². The molecule has 2 heterocycles. The van der Waals surface area contributed by atoms with Crippen LogP contribution in [-0.2, 0) is 30.1 Å². The molecule has 46 heavy (non-hydrogen) atoms. The number of halogens is 1. The lowest BCUT2D eigenvalue weighted by atomic mass is 9.88. The van der Waals surface area contributed by atoms with Gasteiger partial charge in [0.1, 0.15) is 42.0 Å². The van der Waals surface area contributed by atoms with Crippen LogP contribution >= 0.6 is 11.6 Å². The minimum Gasteiger partial charge on any atom is -0.494 e. The Bertz CT molecular complexity index is 1190. The maximum absolute atomic E-state index is 7.05. The summed E-state index contributed by atoms with van der Waals surface area (Å²) in [4.78, 5) is 0. The third kappa shape index (κ3) is 9.39. The number of hydrogen-bond donors (Lipinski definition) is 0. The van der Waals surface area contributed by atoms with Crippen LogP contribution < -0.4 is 9.47 Å². The minimum absolute atomic E-state index is 0.302. The summed E-state index contributed by atoms with van der Waals surface area (Å²) in [5.74, 6) is 2.60. The number of ether oxygens (including phenoxy) is 7. The molecule has 2 bridgehead atoms. The number of hydrogen-bond acceptors (Lipinski definition) is 7. The summed E-state index contributed by atoms with van der Waals surface area (Å²) in [7, 11) is 0. The predicted octanol–water partition coefficient (Wildman–Crippen LogP) is 8.37. The summed E-state index contributed by atoms with van der Waals surface area (Å²) < 4.78 is 45.7. The number of benzene rings is 2. The molecule has 0 amide bonds. The molecule has 256 valence electrons. The molecule has 3 aliphatic rings. The van der Waals surface area contributed by atoms with Crippen molar-refractivity contribution in [3.63, 3.8) is 0 Å². The van der Waals surface area contributed by atoms with Crippen LogP contribution in [0.3, 0.4) is 0 Å². The van der Waals surface area contributed by atoms with Crippen molar-refractivity contribution in [3.05, 3.63) is 58.1 Å². The van der Waals surface area contributed by atoms with E-state index < -0.39 is 6.10 Å². The van der Waals surface area contributed by atoms with E-state index in [-0.39, 0.29) is 24.4 Å². The van der Waals surface area contributed by atoms with Crippen molar-refractivity contribution in [2.45, 2.75) is 110 Å². The van der Waals surface area contributed by atoms with E-state index in [9.17, 15) is 0 Å². The lowest BCUT2D eigenvalue weighted by Gasteiger charge is -2.47. The first-order valence-corrected chi connectivity index (χ1v) is 18.2. The molecule has 7 nitrogen and oxygen atoms in total. The summed E-state index contributed by atoms with van der Waals surface area (Å²) in [5, 5.41) is 0.683. The Morgan fingerprint density at radius 2 is 1.41 bits per heavy atom. The van der Waals surface area contributed by atoms with Crippen LogP contribution in [0.25, 0.3) is 0 Å². The Morgan fingerprint density at radius 1 is 0.761 bits per heavy atom. The maximum Gasteiger partial charge on any atom is 0.126 e. The van der Waals surface area contributed by atoms with Gasteiger partial charge in [-0.1, -0.05) is 63.8 Å². The smallest absolute Gasteiger partial charge is 0.126 e. The molecule has 0 N–H and O–H groups in total. The van der Waals surface area contributed by atoms with Crippen molar-refractivity contribution in [1.29, 1.82) is 0 Å². The normalized spacial score (nSPS) is 27.5. The predicted molar refractivity (Wildman–Crippen MR) is 181 cm³/mol. The summed E-state index contributed by atoms with van der Waals surface area (Å²) in [6.45, 7) is 12.9. The lowest BCUT2D eigenvalue weighted by molar-refractivity contribution is -0.269. The second-order valence-electron chi connectivity index (χ2n) is 13.0. The zero-order valence-corrected chi connectivity index (χ0v) is 29.1. The Balaban J connectivity index is 1.54. The van der Waals surface area contributed by atoms with E-state index in [2.05, 4.69) is 39.0 Å². The number of unbranched alkanes of at least 4 members (excludes halogenated alkanes) is 3. The largest absolute Gasteiger partial charge is 0.494 e. The van der Waals surface area contributed by atoms with E-state index in [4.69, 9.17) is 44.8 Å². The fourth-order valence-corrected chi connectivity index (χ4v) is 6.63. The highest BCUT2D eigenvalue weighted by molar-refractivity contribution is 6.31. The molecule has 0 radical (unpaired) electrons. The first-order chi connectivity index (χ1) is 22.6.